The molecule has 0 fully saturated rings. The zero-order valence-corrected chi connectivity index (χ0v) is 20.3. The summed E-state index contributed by atoms with van der Waals surface area (Å²) in [5.74, 6) is 0. The van der Waals surface area contributed by atoms with Gasteiger partial charge in [-0.05, 0) is 71.0 Å². The van der Waals surface area contributed by atoms with Crippen LogP contribution in [-0.4, -0.2) is 34.0 Å². The van der Waals surface area contributed by atoms with Crippen molar-refractivity contribution < 1.29 is 8.23 Å². The fourth-order valence-electron chi connectivity index (χ4n) is 3.03. The van der Waals surface area contributed by atoms with E-state index in [2.05, 4.69) is 58.9 Å². The van der Waals surface area contributed by atoms with Crippen LogP contribution < -0.4 is 0 Å². The molecule has 0 saturated carbocycles. The number of hydrogen-bond donors (Lipinski definition) is 0. The average Bonchev–Trinajstić information content (AvgIpc) is 2.17. The van der Waals surface area contributed by atoms with Crippen LogP contribution in [0, 0.1) is 0 Å². The lowest BCUT2D eigenvalue weighted by Gasteiger charge is -2.31. The molecule has 0 rings (SSSR count). The molecule has 0 aliphatic rings. The second-order valence-corrected chi connectivity index (χ2v) is 24.9. The zero-order chi connectivity index (χ0) is 16.7. The summed E-state index contributed by atoms with van der Waals surface area (Å²) in [4.78, 5) is 0. The van der Waals surface area contributed by atoms with E-state index in [4.69, 9.17) is 8.23 Å². The Hall–Kier alpha value is 0.788. The van der Waals surface area contributed by atoms with Crippen LogP contribution in [0.2, 0.25) is 71.0 Å². The van der Waals surface area contributed by atoms with Crippen LogP contribution >= 0.6 is 0 Å². The lowest BCUT2D eigenvalue weighted by Crippen LogP contribution is -2.42. The van der Waals surface area contributed by atoms with E-state index >= 15 is 0 Å². The van der Waals surface area contributed by atoms with E-state index in [1.807, 2.05) is 0 Å². The van der Waals surface area contributed by atoms with Crippen molar-refractivity contribution in [1.29, 1.82) is 0 Å². The number of unbranched alkanes of at least 4 members (excludes halogenated alkanes) is 3. The van der Waals surface area contributed by atoms with Crippen molar-refractivity contribution in [3.63, 3.8) is 0 Å². The molecule has 0 spiro atoms. The molecular weight excluding hydrogens is 325 g/mol. The Morgan fingerprint density at radius 1 is 0.667 bits per heavy atom. The maximum absolute atomic E-state index is 6.40. The van der Waals surface area contributed by atoms with Gasteiger partial charge < -0.3 is 8.23 Å². The van der Waals surface area contributed by atoms with Gasteiger partial charge in [-0.3, -0.25) is 0 Å². The van der Waals surface area contributed by atoms with Gasteiger partial charge in [-0.2, -0.15) is 0 Å². The van der Waals surface area contributed by atoms with Crippen LogP contribution in [0.1, 0.15) is 25.7 Å². The van der Waals surface area contributed by atoms with Crippen molar-refractivity contribution in [2.24, 2.45) is 0 Å². The fraction of sp³-hybridized carbons (Fsp3) is 1.00. The molecule has 6 heteroatoms. The van der Waals surface area contributed by atoms with Crippen LogP contribution in [0.5, 0.6) is 0 Å². The topological polar surface area (TPSA) is 18.5 Å². The maximum atomic E-state index is 6.40. The largest absolute Gasteiger partial charge is 0.458 e. The van der Waals surface area contributed by atoms with Gasteiger partial charge in [0.2, 0.25) is 0 Å². The summed E-state index contributed by atoms with van der Waals surface area (Å²) in [7, 11) is -4.95. The molecule has 0 aliphatic heterocycles. The molecule has 0 amide bonds. The molecule has 2 nitrogen and oxygen atoms in total. The third kappa shape index (κ3) is 14.1. The Labute approximate surface area is 139 Å². The highest BCUT2D eigenvalue weighted by Crippen LogP contribution is 2.22. The normalized spacial score (nSPS) is 14.0. The molecular formula is C15H40O2Si4. The van der Waals surface area contributed by atoms with Crippen LogP contribution in [0.3, 0.4) is 0 Å². The predicted molar refractivity (Wildman–Crippen MR) is 107 cm³/mol. The van der Waals surface area contributed by atoms with Crippen LogP contribution in [0.25, 0.3) is 0 Å². The van der Waals surface area contributed by atoms with Gasteiger partial charge in [0.05, 0.1) is 0 Å². The highest BCUT2D eigenvalue weighted by molar-refractivity contribution is 6.84. The summed E-state index contributed by atoms with van der Waals surface area (Å²) in [6, 6.07) is 2.66. The molecule has 0 heterocycles. The molecule has 0 aromatic rings. The molecule has 0 aromatic heterocycles. The summed E-state index contributed by atoms with van der Waals surface area (Å²) >= 11 is 0. The first-order valence-electron chi connectivity index (χ1n) is 8.71. The van der Waals surface area contributed by atoms with Crippen molar-refractivity contribution in [2.75, 3.05) is 0 Å². The van der Waals surface area contributed by atoms with Gasteiger partial charge in [0, 0.05) is 0 Å². The SMILES string of the molecule is C[SiH](C)O[Si](C)(C)CCCCCC[Si](C)(C)O[Si](C)(C)C. The smallest absolute Gasteiger partial charge is 0.173 e. The molecule has 0 aliphatic carbocycles. The molecule has 0 atom stereocenters. The lowest BCUT2D eigenvalue weighted by molar-refractivity contribution is 0.535. The second kappa shape index (κ2) is 9.17. The Kier molecular flexibility index (Phi) is 9.52. The monoisotopic (exact) mass is 364 g/mol. The molecule has 128 valence electrons. The second-order valence-electron chi connectivity index (χ2n) is 8.81. The van der Waals surface area contributed by atoms with Gasteiger partial charge >= 0.3 is 0 Å². The number of hydrogen-bond acceptors (Lipinski definition) is 2. The highest BCUT2D eigenvalue weighted by atomic mass is 28.4. The summed E-state index contributed by atoms with van der Waals surface area (Å²) in [5.41, 5.74) is 0. The molecule has 0 saturated heterocycles. The van der Waals surface area contributed by atoms with E-state index < -0.39 is 34.0 Å². The van der Waals surface area contributed by atoms with E-state index in [9.17, 15) is 0 Å². The predicted octanol–water partition coefficient (Wildman–Crippen LogP) is 5.81. The van der Waals surface area contributed by atoms with Gasteiger partial charge in [-0.25, -0.2) is 0 Å². The zero-order valence-electron chi connectivity index (χ0n) is 16.1. The van der Waals surface area contributed by atoms with Crippen LogP contribution in [-0.2, 0) is 8.23 Å². The van der Waals surface area contributed by atoms with Crippen molar-refractivity contribution >= 4 is 34.0 Å². The van der Waals surface area contributed by atoms with E-state index in [-0.39, 0.29) is 0 Å². The first kappa shape index (κ1) is 21.8. The lowest BCUT2D eigenvalue weighted by atomic mass is 10.2. The van der Waals surface area contributed by atoms with Crippen LogP contribution in [0.15, 0.2) is 0 Å². The highest BCUT2D eigenvalue weighted by Gasteiger charge is 2.29. The van der Waals surface area contributed by atoms with Gasteiger partial charge in [-0.1, -0.05) is 25.7 Å². The van der Waals surface area contributed by atoms with Gasteiger partial charge in [0.25, 0.3) is 0 Å². The standard InChI is InChI=1S/C15H40O2Si4/c1-18(2)16-20(6,7)14-12-10-11-13-15-21(8,9)17-19(3,4)5/h18H,10-15H2,1-9H3. The first-order valence-corrected chi connectivity index (χ1v) is 21.1. The van der Waals surface area contributed by atoms with Gasteiger partial charge in [0.15, 0.2) is 34.0 Å². The quantitative estimate of drug-likeness (QED) is 0.340. The van der Waals surface area contributed by atoms with Gasteiger partial charge in [0.1, 0.15) is 0 Å². The maximum Gasteiger partial charge on any atom is 0.173 e. The Morgan fingerprint density at radius 3 is 1.48 bits per heavy atom. The van der Waals surface area contributed by atoms with Crippen molar-refractivity contribution in [3.8, 4) is 0 Å². The molecule has 0 radical (unpaired) electrons. The van der Waals surface area contributed by atoms with Crippen molar-refractivity contribution in [3.05, 3.63) is 0 Å². The Morgan fingerprint density at radius 2 is 1.10 bits per heavy atom. The van der Waals surface area contributed by atoms with E-state index in [1.165, 1.54) is 37.8 Å². The van der Waals surface area contributed by atoms with E-state index in [0.29, 0.717) is 0 Å². The first-order chi connectivity index (χ1) is 9.33. The van der Waals surface area contributed by atoms with Crippen molar-refractivity contribution in [1.82, 2.24) is 0 Å². The third-order valence-electron chi connectivity index (χ3n) is 3.44. The van der Waals surface area contributed by atoms with Crippen molar-refractivity contribution in [2.45, 2.75) is 96.7 Å². The Bertz CT molecular complexity index is 286. The summed E-state index contributed by atoms with van der Waals surface area (Å²) < 4.78 is 12.6. The van der Waals surface area contributed by atoms with E-state index in [1.54, 1.807) is 0 Å². The van der Waals surface area contributed by atoms with Gasteiger partial charge in [-0.15, -0.1) is 0 Å². The minimum atomic E-state index is -1.41. The molecule has 0 bridgehead atoms. The summed E-state index contributed by atoms with van der Waals surface area (Å²) in [5, 5.41) is 0. The summed E-state index contributed by atoms with van der Waals surface area (Å²) in [6.45, 7) is 21.1. The Balaban J connectivity index is 3.78. The molecule has 0 aromatic carbocycles. The minimum Gasteiger partial charge on any atom is -0.458 e. The van der Waals surface area contributed by atoms with E-state index in [0.717, 1.165) is 0 Å². The summed E-state index contributed by atoms with van der Waals surface area (Å²) in [6.07, 6.45) is 5.45. The molecule has 0 unspecified atom stereocenters. The third-order valence-corrected chi connectivity index (χ3v) is 15.7. The number of rotatable bonds is 11. The molecule has 0 N–H and O–H groups in total. The average molecular weight is 365 g/mol. The van der Waals surface area contributed by atoms with Crippen LogP contribution in [0.4, 0.5) is 0 Å². The minimum absolute atomic E-state index is 0.849. The fourth-order valence-corrected chi connectivity index (χ4v) is 17.9. The molecule has 21 heavy (non-hydrogen) atoms.